The Balaban J connectivity index is 2.06. The number of methoxy groups -OCH3 is 1. The van der Waals surface area contributed by atoms with Crippen LogP contribution in [0.3, 0.4) is 0 Å². The molecule has 0 aliphatic carbocycles. The van der Waals surface area contributed by atoms with Crippen molar-refractivity contribution in [3.05, 3.63) is 58.1 Å². The molecule has 0 saturated carbocycles. The Morgan fingerprint density at radius 3 is 2.62 bits per heavy atom. The van der Waals surface area contributed by atoms with E-state index in [0.717, 1.165) is 4.47 Å². The van der Waals surface area contributed by atoms with Crippen molar-refractivity contribution in [3.63, 3.8) is 0 Å². The van der Waals surface area contributed by atoms with Crippen LogP contribution in [0.25, 0.3) is 0 Å². The maximum atomic E-state index is 12.7. The summed E-state index contributed by atoms with van der Waals surface area (Å²) in [5.41, 5.74) is 1.41. The van der Waals surface area contributed by atoms with Crippen LogP contribution >= 0.6 is 28.1 Å². The normalized spacial score (nSPS) is 10.2. The average molecular weight is 480 g/mol. The minimum absolute atomic E-state index is 0.103. The van der Waals surface area contributed by atoms with Crippen LogP contribution in [-0.4, -0.2) is 43.8 Å². The summed E-state index contributed by atoms with van der Waals surface area (Å²) in [6.45, 7) is 3.10. The van der Waals surface area contributed by atoms with Crippen LogP contribution in [0.1, 0.15) is 27.6 Å². The Hall–Kier alpha value is -2.49. The van der Waals surface area contributed by atoms with E-state index in [2.05, 4.69) is 31.9 Å². The maximum absolute atomic E-state index is 12.7. The van der Waals surface area contributed by atoms with Crippen molar-refractivity contribution in [3.8, 4) is 5.75 Å². The van der Waals surface area contributed by atoms with Crippen LogP contribution in [0, 0.1) is 0 Å². The molecule has 9 heteroatoms. The molecule has 0 radical (unpaired) electrons. The molecule has 29 heavy (non-hydrogen) atoms. The van der Waals surface area contributed by atoms with E-state index >= 15 is 0 Å². The number of halogens is 1. The summed E-state index contributed by atoms with van der Waals surface area (Å²) in [5.74, 6) is -0.182. The number of hydrogen-bond acceptors (Lipinski definition) is 5. The molecule has 0 aromatic heterocycles. The number of anilines is 1. The van der Waals surface area contributed by atoms with Gasteiger partial charge in [0.1, 0.15) is 12.4 Å². The Labute approximate surface area is 183 Å². The van der Waals surface area contributed by atoms with Crippen molar-refractivity contribution in [2.75, 3.05) is 32.2 Å². The van der Waals surface area contributed by atoms with Crippen molar-refractivity contribution in [2.24, 2.45) is 0 Å². The average Bonchev–Trinajstić information content (AvgIpc) is 2.69. The van der Waals surface area contributed by atoms with E-state index in [-0.39, 0.29) is 11.0 Å². The SMILES string of the molecule is CCNC(=O)c1cccc(NC(=S)NC(=O)c2cc(Br)ccc2OCCOC)c1. The first-order valence-electron chi connectivity index (χ1n) is 8.86. The molecule has 2 aromatic carbocycles. The van der Waals surface area contributed by atoms with Gasteiger partial charge in [0.15, 0.2) is 5.11 Å². The molecule has 2 amide bonds. The van der Waals surface area contributed by atoms with Gasteiger partial charge in [0.05, 0.1) is 12.2 Å². The van der Waals surface area contributed by atoms with Gasteiger partial charge in [0.25, 0.3) is 11.8 Å². The van der Waals surface area contributed by atoms with Crippen molar-refractivity contribution in [1.29, 1.82) is 0 Å². The molecule has 0 atom stereocenters. The summed E-state index contributed by atoms with van der Waals surface area (Å²) < 4.78 is 11.3. The van der Waals surface area contributed by atoms with Gasteiger partial charge in [0.2, 0.25) is 0 Å². The van der Waals surface area contributed by atoms with E-state index in [0.29, 0.717) is 42.3 Å². The van der Waals surface area contributed by atoms with Gasteiger partial charge in [-0.3, -0.25) is 14.9 Å². The van der Waals surface area contributed by atoms with E-state index in [9.17, 15) is 9.59 Å². The van der Waals surface area contributed by atoms with Gasteiger partial charge in [-0.15, -0.1) is 0 Å². The smallest absolute Gasteiger partial charge is 0.261 e. The molecule has 154 valence electrons. The summed E-state index contributed by atoms with van der Waals surface area (Å²) in [5, 5.41) is 8.37. The van der Waals surface area contributed by atoms with Crippen molar-refractivity contribution >= 4 is 50.8 Å². The van der Waals surface area contributed by atoms with Crippen molar-refractivity contribution in [2.45, 2.75) is 6.92 Å². The van der Waals surface area contributed by atoms with Gasteiger partial charge in [-0.05, 0) is 55.5 Å². The topological polar surface area (TPSA) is 88.7 Å². The van der Waals surface area contributed by atoms with Crippen molar-refractivity contribution in [1.82, 2.24) is 10.6 Å². The lowest BCUT2D eigenvalue weighted by Gasteiger charge is -2.14. The van der Waals surface area contributed by atoms with Gasteiger partial charge in [-0.1, -0.05) is 22.0 Å². The number of hydrogen-bond donors (Lipinski definition) is 3. The highest BCUT2D eigenvalue weighted by Gasteiger charge is 2.15. The molecule has 2 rings (SSSR count). The molecule has 7 nitrogen and oxygen atoms in total. The second-order valence-corrected chi connectivity index (χ2v) is 7.15. The predicted octanol–water partition coefficient (Wildman–Crippen LogP) is 3.35. The second kappa shape index (κ2) is 11.5. The summed E-state index contributed by atoms with van der Waals surface area (Å²) in [6, 6.07) is 12.0. The lowest BCUT2D eigenvalue weighted by Crippen LogP contribution is -2.34. The van der Waals surface area contributed by atoms with E-state index in [4.69, 9.17) is 21.7 Å². The third-order valence-corrected chi connectivity index (χ3v) is 4.38. The van der Waals surface area contributed by atoms with Crippen LogP contribution in [0.2, 0.25) is 0 Å². The fraction of sp³-hybridized carbons (Fsp3) is 0.250. The largest absolute Gasteiger partial charge is 0.490 e. The number of rotatable bonds is 8. The fourth-order valence-corrected chi connectivity index (χ4v) is 2.95. The Bertz CT molecular complexity index is 892. The highest BCUT2D eigenvalue weighted by Crippen LogP contribution is 2.23. The molecule has 0 saturated heterocycles. The highest BCUT2D eigenvalue weighted by molar-refractivity contribution is 9.10. The van der Waals surface area contributed by atoms with Gasteiger partial charge < -0.3 is 20.1 Å². The lowest BCUT2D eigenvalue weighted by atomic mass is 10.2. The molecule has 0 aliphatic heterocycles. The zero-order valence-electron chi connectivity index (χ0n) is 16.1. The zero-order chi connectivity index (χ0) is 21.2. The summed E-state index contributed by atoms with van der Waals surface area (Å²) in [6.07, 6.45) is 0. The first kappa shape index (κ1) is 22.8. The molecule has 0 bridgehead atoms. The number of carbonyl (C=O) groups is 2. The van der Waals surface area contributed by atoms with Crippen LogP contribution in [0.15, 0.2) is 46.9 Å². The van der Waals surface area contributed by atoms with Gasteiger partial charge in [-0.25, -0.2) is 0 Å². The summed E-state index contributed by atoms with van der Waals surface area (Å²) in [4.78, 5) is 24.6. The number of benzene rings is 2. The highest BCUT2D eigenvalue weighted by atomic mass is 79.9. The minimum Gasteiger partial charge on any atom is -0.490 e. The molecular formula is C20H22BrN3O4S. The second-order valence-electron chi connectivity index (χ2n) is 5.83. The third kappa shape index (κ3) is 7.12. The molecule has 0 aliphatic rings. The fourth-order valence-electron chi connectivity index (χ4n) is 2.37. The van der Waals surface area contributed by atoms with E-state index in [1.807, 2.05) is 6.92 Å². The standard InChI is InChI=1S/C20H22BrN3O4S/c1-3-22-18(25)13-5-4-6-15(11-13)23-20(29)24-19(26)16-12-14(21)7-8-17(16)28-10-9-27-2/h4-8,11-12H,3,9-10H2,1-2H3,(H,22,25)(H2,23,24,26,29). The quantitative estimate of drug-likeness (QED) is 0.397. The Morgan fingerprint density at radius 1 is 1.10 bits per heavy atom. The number of nitrogens with one attached hydrogen (secondary N) is 3. The number of amides is 2. The molecule has 0 unspecified atom stereocenters. The predicted molar refractivity (Wildman–Crippen MR) is 120 cm³/mol. The van der Waals surface area contributed by atoms with E-state index in [1.54, 1.807) is 49.6 Å². The molecule has 0 spiro atoms. The van der Waals surface area contributed by atoms with Crippen LogP contribution in [-0.2, 0) is 4.74 Å². The third-order valence-electron chi connectivity index (χ3n) is 3.68. The minimum atomic E-state index is -0.420. The van der Waals surface area contributed by atoms with Crippen LogP contribution in [0.4, 0.5) is 5.69 Å². The molecule has 0 fully saturated rings. The van der Waals surface area contributed by atoms with Gasteiger partial charge in [0, 0.05) is 29.4 Å². The van der Waals surface area contributed by atoms with E-state index in [1.165, 1.54) is 0 Å². The molecule has 2 aromatic rings. The monoisotopic (exact) mass is 479 g/mol. The summed E-state index contributed by atoms with van der Waals surface area (Å²) in [7, 11) is 1.57. The Kier molecular flexibility index (Phi) is 9.04. The zero-order valence-corrected chi connectivity index (χ0v) is 18.5. The number of thiocarbonyl (C=S) groups is 1. The first-order valence-corrected chi connectivity index (χ1v) is 10.1. The molecule has 3 N–H and O–H groups in total. The Morgan fingerprint density at radius 2 is 1.90 bits per heavy atom. The van der Waals surface area contributed by atoms with Crippen LogP contribution in [0.5, 0.6) is 5.75 Å². The van der Waals surface area contributed by atoms with Gasteiger partial charge >= 0.3 is 0 Å². The lowest BCUT2D eigenvalue weighted by molar-refractivity contribution is 0.0951. The van der Waals surface area contributed by atoms with Crippen molar-refractivity contribution < 1.29 is 19.1 Å². The van der Waals surface area contributed by atoms with Gasteiger partial charge in [-0.2, -0.15) is 0 Å². The van der Waals surface area contributed by atoms with Crippen LogP contribution < -0.4 is 20.7 Å². The summed E-state index contributed by atoms with van der Waals surface area (Å²) >= 11 is 8.59. The maximum Gasteiger partial charge on any atom is 0.261 e. The number of carbonyl (C=O) groups excluding carboxylic acids is 2. The number of ether oxygens (including phenoxy) is 2. The van der Waals surface area contributed by atoms with E-state index < -0.39 is 5.91 Å². The molecular weight excluding hydrogens is 458 g/mol. The molecule has 0 heterocycles. The first-order chi connectivity index (χ1) is 13.9.